The van der Waals surface area contributed by atoms with E-state index >= 15 is 0 Å². The zero-order valence-electron chi connectivity index (χ0n) is 11.9. The number of rotatable bonds is 3. The van der Waals surface area contributed by atoms with Crippen LogP contribution in [0, 0.1) is 5.82 Å². The Morgan fingerprint density at radius 1 is 1.39 bits per heavy atom. The van der Waals surface area contributed by atoms with Crippen LogP contribution in [0.2, 0.25) is 10.4 Å². The van der Waals surface area contributed by atoms with Gasteiger partial charge in [0.1, 0.15) is 17.5 Å². The normalized spacial score (nSPS) is 18.8. The van der Waals surface area contributed by atoms with Gasteiger partial charge in [-0.2, -0.15) is 4.98 Å². The number of H-pyrrole nitrogens is 1. The minimum atomic E-state index is -0.919. The number of nitrogens with one attached hydrogen (secondary N) is 2. The standard InChI is InChI=1S/C13H13Cl2FN4O3/c14-10-8(16)9-7(11(21)20-13(15)18-9)12(19-10)23-5-6-4-22-3-1-2-17-6/h6,17H,1-5H2,(H,18,20,21). The van der Waals surface area contributed by atoms with Crippen LogP contribution in [0.15, 0.2) is 4.79 Å². The molecule has 1 saturated heterocycles. The van der Waals surface area contributed by atoms with Gasteiger partial charge < -0.3 is 14.8 Å². The van der Waals surface area contributed by atoms with Crippen LogP contribution in [0.3, 0.4) is 0 Å². The van der Waals surface area contributed by atoms with Crippen molar-refractivity contribution in [2.75, 3.05) is 26.4 Å². The van der Waals surface area contributed by atoms with E-state index in [1.807, 2.05) is 0 Å². The second-order valence-corrected chi connectivity index (χ2v) is 5.71. The van der Waals surface area contributed by atoms with Crippen molar-refractivity contribution in [3.8, 4) is 5.88 Å². The van der Waals surface area contributed by atoms with Crippen molar-refractivity contribution >= 4 is 34.1 Å². The lowest BCUT2D eigenvalue weighted by atomic mass is 10.3. The molecule has 2 N–H and O–H groups in total. The first-order chi connectivity index (χ1) is 11.1. The Bertz CT molecular complexity index is 778. The van der Waals surface area contributed by atoms with Gasteiger partial charge in [-0.1, -0.05) is 11.6 Å². The Morgan fingerprint density at radius 3 is 3.04 bits per heavy atom. The fourth-order valence-corrected chi connectivity index (χ4v) is 2.59. The molecule has 0 aliphatic carbocycles. The van der Waals surface area contributed by atoms with Gasteiger partial charge in [-0.05, 0) is 24.6 Å². The van der Waals surface area contributed by atoms with Crippen molar-refractivity contribution in [1.82, 2.24) is 20.3 Å². The molecule has 2 aromatic rings. The number of nitrogens with zero attached hydrogens (tertiary/aromatic N) is 2. The fourth-order valence-electron chi connectivity index (χ4n) is 2.25. The van der Waals surface area contributed by atoms with Crippen molar-refractivity contribution in [3.05, 3.63) is 26.6 Å². The second-order valence-electron chi connectivity index (χ2n) is 4.99. The molecule has 0 aromatic carbocycles. The zero-order valence-corrected chi connectivity index (χ0v) is 13.4. The molecule has 0 spiro atoms. The van der Waals surface area contributed by atoms with Gasteiger partial charge in [0, 0.05) is 6.61 Å². The molecule has 1 aliphatic rings. The minimum absolute atomic E-state index is 0.0717. The maximum absolute atomic E-state index is 14.0. The molecule has 2 aromatic heterocycles. The third-order valence-corrected chi connectivity index (χ3v) is 3.76. The van der Waals surface area contributed by atoms with Gasteiger partial charge in [0.05, 0.1) is 12.6 Å². The molecule has 3 rings (SSSR count). The first-order valence-corrected chi connectivity index (χ1v) is 7.70. The number of pyridine rings is 1. The van der Waals surface area contributed by atoms with E-state index in [1.54, 1.807) is 0 Å². The summed E-state index contributed by atoms with van der Waals surface area (Å²) >= 11 is 11.4. The van der Waals surface area contributed by atoms with E-state index in [9.17, 15) is 9.18 Å². The molecule has 1 aliphatic heterocycles. The predicted octanol–water partition coefficient (Wildman–Crippen LogP) is 1.52. The van der Waals surface area contributed by atoms with E-state index in [-0.39, 0.29) is 34.7 Å². The average molecular weight is 363 g/mol. The Morgan fingerprint density at radius 2 is 2.22 bits per heavy atom. The van der Waals surface area contributed by atoms with E-state index in [1.165, 1.54) is 0 Å². The average Bonchev–Trinajstić information content (AvgIpc) is 2.78. The molecule has 3 heterocycles. The van der Waals surface area contributed by atoms with Gasteiger partial charge in [-0.3, -0.25) is 9.78 Å². The highest BCUT2D eigenvalue weighted by atomic mass is 35.5. The molecular formula is C13H13Cl2FN4O3. The molecule has 23 heavy (non-hydrogen) atoms. The zero-order chi connectivity index (χ0) is 16.4. The number of hydrogen-bond acceptors (Lipinski definition) is 6. The van der Waals surface area contributed by atoms with Crippen molar-refractivity contribution in [3.63, 3.8) is 0 Å². The van der Waals surface area contributed by atoms with Crippen LogP contribution < -0.4 is 15.6 Å². The Balaban J connectivity index is 1.94. The van der Waals surface area contributed by atoms with Gasteiger partial charge in [-0.25, -0.2) is 9.37 Å². The highest BCUT2D eigenvalue weighted by Crippen LogP contribution is 2.27. The lowest BCUT2D eigenvalue weighted by molar-refractivity contribution is 0.113. The molecule has 1 atom stereocenters. The minimum Gasteiger partial charge on any atom is -0.475 e. The van der Waals surface area contributed by atoms with Crippen LogP contribution >= 0.6 is 23.2 Å². The van der Waals surface area contributed by atoms with Crippen molar-refractivity contribution in [2.24, 2.45) is 0 Å². The maximum atomic E-state index is 14.0. The molecular weight excluding hydrogens is 350 g/mol. The van der Waals surface area contributed by atoms with E-state index < -0.39 is 16.5 Å². The molecule has 124 valence electrons. The molecule has 1 fully saturated rings. The van der Waals surface area contributed by atoms with Gasteiger partial charge in [0.2, 0.25) is 11.2 Å². The van der Waals surface area contributed by atoms with E-state index in [4.69, 9.17) is 32.7 Å². The molecule has 0 radical (unpaired) electrons. The third-order valence-electron chi connectivity index (χ3n) is 3.33. The predicted molar refractivity (Wildman–Crippen MR) is 82.9 cm³/mol. The number of aromatic nitrogens is 3. The quantitative estimate of drug-likeness (QED) is 0.635. The van der Waals surface area contributed by atoms with E-state index in [0.29, 0.717) is 13.2 Å². The first-order valence-electron chi connectivity index (χ1n) is 6.94. The van der Waals surface area contributed by atoms with Crippen LogP contribution in [-0.2, 0) is 4.74 Å². The van der Waals surface area contributed by atoms with Gasteiger partial charge in [0.25, 0.3) is 5.56 Å². The molecule has 7 nitrogen and oxygen atoms in total. The van der Waals surface area contributed by atoms with Crippen LogP contribution in [0.1, 0.15) is 6.42 Å². The number of hydrogen-bond donors (Lipinski definition) is 2. The summed E-state index contributed by atoms with van der Waals surface area (Å²) in [5.41, 5.74) is -0.929. The van der Waals surface area contributed by atoms with Crippen molar-refractivity contribution in [2.45, 2.75) is 12.5 Å². The van der Waals surface area contributed by atoms with Crippen molar-refractivity contribution < 1.29 is 13.9 Å². The summed E-state index contributed by atoms with van der Waals surface area (Å²) in [4.78, 5) is 21.9. The van der Waals surface area contributed by atoms with Gasteiger partial charge in [0.15, 0.2) is 11.0 Å². The van der Waals surface area contributed by atoms with Gasteiger partial charge in [-0.15, -0.1) is 0 Å². The van der Waals surface area contributed by atoms with Crippen LogP contribution in [0.4, 0.5) is 4.39 Å². The first kappa shape index (κ1) is 16.4. The Hall–Kier alpha value is -1.48. The number of ether oxygens (including phenoxy) is 2. The third kappa shape index (κ3) is 3.55. The summed E-state index contributed by atoms with van der Waals surface area (Å²) in [6.45, 7) is 2.12. The maximum Gasteiger partial charge on any atom is 0.265 e. The van der Waals surface area contributed by atoms with Gasteiger partial charge >= 0.3 is 0 Å². The molecule has 1 unspecified atom stereocenters. The molecule has 0 saturated carbocycles. The summed E-state index contributed by atoms with van der Waals surface area (Å²) in [5.74, 6) is -1.01. The molecule has 0 amide bonds. The van der Waals surface area contributed by atoms with Crippen LogP contribution in [0.5, 0.6) is 5.88 Å². The monoisotopic (exact) mass is 362 g/mol. The summed E-state index contributed by atoms with van der Waals surface area (Å²) in [7, 11) is 0. The lowest BCUT2D eigenvalue weighted by Crippen LogP contribution is -2.37. The van der Waals surface area contributed by atoms with Crippen molar-refractivity contribution in [1.29, 1.82) is 0 Å². The summed E-state index contributed by atoms with van der Waals surface area (Å²) in [6, 6.07) is -0.0717. The van der Waals surface area contributed by atoms with E-state index in [2.05, 4.69) is 20.3 Å². The Kier molecular flexibility index (Phi) is 4.96. The number of halogens is 3. The summed E-state index contributed by atoms with van der Waals surface area (Å²) in [5, 5.41) is 2.43. The SMILES string of the molecule is O=c1[nH]c(Cl)nc2c(F)c(Cl)nc(OCC3COCCCN3)c12. The number of aromatic amines is 1. The second kappa shape index (κ2) is 6.96. The highest BCUT2D eigenvalue weighted by molar-refractivity contribution is 6.30. The molecule has 10 heteroatoms. The van der Waals surface area contributed by atoms with Crippen LogP contribution in [-0.4, -0.2) is 47.4 Å². The molecule has 0 bridgehead atoms. The highest BCUT2D eigenvalue weighted by Gasteiger charge is 2.20. The topological polar surface area (TPSA) is 89.1 Å². The number of fused-ring (bicyclic) bond motifs is 1. The summed E-state index contributed by atoms with van der Waals surface area (Å²) < 4.78 is 25.0. The summed E-state index contributed by atoms with van der Waals surface area (Å²) in [6.07, 6.45) is 0.905. The lowest BCUT2D eigenvalue weighted by Gasteiger charge is -2.16. The smallest absolute Gasteiger partial charge is 0.265 e. The Labute approximate surface area is 140 Å². The van der Waals surface area contributed by atoms with Crippen LogP contribution in [0.25, 0.3) is 10.9 Å². The largest absolute Gasteiger partial charge is 0.475 e. The van der Waals surface area contributed by atoms with E-state index in [0.717, 1.165) is 13.0 Å². The fraction of sp³-hybridized carbons (Fsp3) is 0.462.